The molecule has 1 aromatic carbocycles. The number of rotatable bonds is 6. The summed E-state index contributed by atoms with van der Waals surface area (Å²) in [4.78, 5) is 34.4. The molecule has 7 rings (SSSR count). The van der Waals surface area contributed by atoms with E-state index < -0.39 is 5.82 Å². The molecular formula is C31H27FN8O2. The van der Waals surface area contributed by atoms with E-state index in [1.165, 1.54) is 25.7 Å². The predicted molar refractivity (Wildman–Crippen MR) is 157 cm³/mol. The van der Waals surface area contributed by atoms with Crippen LogP contribution >= 0.6 is 0 Å². The van der Waals surface area contributed by atoms with Gasteiger partial charge in [-0.25, -0.2) is 9.37 Å². The molecule has 5 aromatic heterocycles. The summed E-state index contributed by atoms with van der Waals surface area (Å²) in [6, 6.07) is 10.1. The van der Waals surface area contributed by atoms with Crippen molar-refractivity contribution in [3.8, 4) is 39.8 Å². The highest BCUT2D eigenvalue weighted by Crippen LogP contribution is 2.33. The Kier molecular flexibility index (Phi) is 6.54. The van der Waals surface area contributed by atoms with Gasteiger partial charge in [0.15, 0.2) is 5.82 Å². The first-order valence-corrected chi connectivity index (χ1v) is 13.9. The van der Waals surface area contributed by atoms with E-state index in [1.54, 1.807) is 30.9 Å². The summed E-state index contributed by atoms with van der Waals surface area (Å²) in [5.74, 6) is 0.587. The summed E-state index contributed by atoms with van der Waals surface area (Å²) < 4.78 is 19.5. The van der Waals surface area contributed by atoms with E-state index in [0.717, 1.165) is 47.7 Å². The number of halogens is 1. The molecule has 0 unspecified atom stereocenters. The van der Waals surface area contributed by atoms with Crippen molar-refractivity contribution in [2.24, 2.45) is 5.92 Å². The monoisotopic (exact) mass is 562 g/mol. The molecule has 1 aliphatic rings. The third-order valence-electron chi connectivity index (χ3n) is 7.73. The molecule has 10 nitrogen and oxygen atoms in total. The van der Waals surface area contributed by atoms with Crippen LogP contribution in [0.4, 0.5) is 10.1 Å². The molecule has 0 atom stereocenters. The molecule has 1 fully saturated rings. The van der Waals surface area contributed by atoms with E-state index in [4.69, 9.17) is 9.72 Å². The van der Waals surface area contributed by atoms with Gasteiger partial charge in [0.1, 0.15) is 22.8 Å². The quantitative estimate of drug-likeness (QED) is 0.217. The lowest BCUT2D eigenvalue weighted by molar-refractivity contribution is -0.120. The summed E-state index contributed by atoms with van der Waals surface area (Å²) in [5, 5.41) is 11.4. The Balaban J connectivity index is 1.23. The Bertz CT molecular complexity index is 1940. The van der Waals surface area contributed by atoms with Crippen LogP contribution in [0.3, 0.4) is 0 Å². The number of aromatic nitrogens is 7. The molecule has 0 spiro atoms. The van der Waals surface area contributed by atoms with Crippen LogP contribution in [-0.4, -0.2) is 48.1 Å². The Hall–Kier alpha value is -5.19. The average Bonchev–Trinajstić information content (AvgIpc) is 3.65. The van der Waals surface area contributed by atoms with Crippen LogP contribution in [-0.2, 0) is 4.79 Å². The number of hydrogen-bond acceptors (Lipinski definition) is 7. The first kappa shape index (κ1) is 25.8. The lowest BCUT2D eigenvalue weighted by Gasteiger charge is -2.20. The number of aromatic amines is 2. The molecule has 0 saturated heterocycles. The van der Waals surface area contributed by atoms with Gasteiger partial charge in [-0.05, 0) is 43.2 Å². The lowest BCUT2D eigenvalue weighted by Crippen LogP contribution is -2.24. The number of H-pyrrole nitrogens is 2. The second-order valence-corrected chi connectivity index (χ2v) is 10.5. The summed E-state index contributed by atoms with van der Waals surface area (Å²) in [6.07, 6.45) is 12.0. The van der Waals surface area contributed by atoms with Gasteiger partial charge < -0.3 is 15.0 Å². The van der Waals surface area contributed by atoms with Crippen LogP contribution < -0.4 is 10.1 Å². The van der Waals surface area contributed by atoms with Crippen molar-refractivity contribution in [2.75, 3.05) is 12.4 Å². The zero-order chi connectivity index (χ0) is 28.6. The summed E-state index contributed by atoms with van der Waals surface area (Å²) in [7, 11) is 1.49. The van der Waals surface area contributed by atoms with Crippen molar-refractivity contribution >= 4 is 33.5 Å². The molecule has 0 bridgehead atoms. The molecule has 1 aliphatic carbocycles. The zero-order valence-electron chi connectivity index (χ0n) is 22.8. The topological polar surface area (TPSA) is 134 Å². The van der Waals surface area contributed by atoms with Crippen LogP contribution in [0.15, 0.2) is 61.2 Å². The number of nitrogens with one attached hydrogen (secondary N) is 3. The predicted octanol–water partition coefficient (Wildman–Crippen LogP) is 6.29. The fraction of sp³-hybridized carbons (Fsp3) is 0.226. The van der Waals surface area contributed by atoms with Crippen molar-refractivity contribution in [2.45, 2.75) is 32.1 Å². The Morgan fingerprint density at radius 3 is 2.71 bits per heavy atom. The standard InChI is InChI=1S/C31H27FN8O2/c1-42-22-11-18(9-20(32)12-22)27-29-24(7-8-34-27)37-30(38-29)28-23-13-25(35-16-26(23)39-40-28)19-10-21(15-33-14-19)36-31(41)17-5-3-2-4-6-17/h7-17H,2-6H2,1H3,(H,36,41)(H,37,38)(H,39,40). The van der Waals surface area contributed by atoms with Gasteiger partial charge in [-0.15, -0.1) is 0 Å². The molecular weight excluding hydrogens is 535 g/mol. The van der Waals surface area contributed by atoms with Crippen LogP contribution in [0.2, 0.25) is 0 Å². The highest BCUT2D eigenvalue weighted by atomic mass is 19.1. The highest BCUT2D eigenvalue weighted by molar-refractivity contribution is 5.97. The number of amides is 1. The van der Waals surface area contributed by atoms with Crippen molar-refractivity contribution in [3.05, 3.63) is 67.0 Å². The van der Waals surface area contributed by atoms with E-state index in [9.17, 15) is 9.18 Å². The zero-order valence-corrected chi connectivity index (χ0v) is 22.8. The summed E-state index contributed by atoms with van der Waals surface area (Å²) >= 11 is 0. The molecule has 6 aromatic rings. The van der Waals surface area contributed by atoms with Crippen LogP contribution in [0.1, 0.15) is 32.1 Å². The fourth-order valence-corrected chi connectivity index (χ4v) is 5.59. The van der Waals surface area contributed by atoms with Gasteiger partial charge >= 0.3 is 0 Å². The van der Waals surface area contributed by atoms with Gasteiger partial charge in [-0.1, -0.05) is 19.3 Å². The minimum Gasteiger partial charge on any atom is -0.497 e. The second-order valence-electron chi connectivity index (χ2n) is 10.5. The number of hydrogen-bond donors (Lipinski definition) is 3. The van der Waals surface area contributed by atoms with E-state index in [1.807, 2.05) is 18.2 Å². The van der Waals surface area contributed by atoms with Crippen LogP contribution in [0, 0.1) is 11.7 Å². The third kappa shape index (κ3) is 4.83. The minimum absolute atomic E-state index is 0.0459. The van der Waals surface area contributed by atoms with Crippen molar-refractivity contribution in [3.63, 3.8) is 0 Å². The molecule has 3 N–H and O–H groups in total. The van der Waals surface area contributed by atoms with Gasteiger partial charge in [0.25, 0.3) is 0 Å². The number of carbonyl (C=O) groups excluding carboxylic acids is 1. The first-order chi connectivity index (χ1) is 20.6. The van der Waals surface area contributed by atoms with Gasteiger partial charge in [0.05, 0.1) is 47.6 Å². The Morgan fingerprint density at radius 1 is 0.976 bits per heavy atom. The summed E-state index contributed by atoms with van der Waals surface area (Å²) in [6.45, 7) is 0. The van der Waals surface area contributed by atoms with Gasteiger partial charge in [0, 0.05) is 40.9 Å². The number of pyridine rings is 3. The SMILES string of the molecule is COc1cc(F)cc(-c2nccc3[nH]c(-c4n[nH]c5cnc(-c6cncc(NC(=O)C7CCCCC7)c6)cc45)nc23)c1. The second kappa shape index (κ2) is 10.7. The number of carbonyl (C=O) groups is 1. The molecule has 1 amide bonds. The maximum Gasteiger partial charge on any atom is 0.227 e. The molecule has 1 saturated carbocycles. The highest BCUT2D eigenvalue weighted by Gasteiger charge is 2.22. The minimum atomic E-state index is -0.427. The smallest absolute Gasteiger partial charge is 0.227 e. The van der Waals surface area contributed by atoms with Crippen molar-refractivity contribution in [1.82, 2.24) is 35.1 Å². The van der Waals surface area contributed by atoms with Crippen LogP contribution in [0.5, 0.6) is 5.75 Å². The molecule has 0 aliphatic heterocycles. The average molecular weight is 563 g/mol. The maximum atomic E-state index is 14.3. The van der Waals surface area contributed by atoms with Crippen LogP contribution in [0.25, 0.3) is 56.0 Å². The molecule has 0 radical (unpaired) electrons. The van der Waals surface area contributed by atoms with E-state index in [-0.39, 0.29) is 11.8 Å². The van der Waals surface area contributed by atoms with Crippen molar-refractivity contribution < 1.29 is 13.9 Å². The number of fused-ring (bicyclic) bond motifs is 2. The largest absolute Gasteiger partial charge is 0.497 e. The number of ether oxygens (including phenoxy) is 1. The molecule has 42 heavy (non-hydrogen) atoms. The van der Waals surface area contributed by atoms with E-state index >= 15 is 0 Å². The van der Waals surface area contributed by atoms with Gasteiger partial charge in [0.2, 0.25) is 5.91 Å². The lowest BCUT2D eigenvalue weighted by atomic mass is 9.88. The van der Waals surface area contributed by atoms with E-state index in [2.05, 4.69) is 35.5 Å². The van der Waals surface area contributed by atoms with Gasteiger partial charge in [-0.3, -0.25) is 24.8 Å². The number of benzene rings is 1. The van der Waals surface area contributed by atoms with Crippen molar-refractivity contribution in [1.29, 1.82) is 0 Å². The normalized spacial score (nSPS) is 14.0. The fourth-order valence-electron chi connectivity index (χ4n) is 5.59. The van der Waals surface area contributed by atoms with E-state index in [0.29, 0.717) is 45.4 Å². The molecule has 11 heteroatoms. The van der Waals surface area contributed by atoms with Gasteiger partial charge in [-0.2, -0.15) is 5.10 Å². The summed E-state index contributed by atoms with van der Waals surface area (Å²) in [5.41, 5.74) is 5.80. The number of nitrogens with zero attached hydrogens (tertiary/aromatic N) is 5. The molecule has 5 heterocycles. The molecule has 210 valence electrons. The maximum absolute atomic E-state index is 14.3. The Labute approximate surface area is 239 Å². The number of imidazole rings is 1. The number of anilines is 1. The first-order valence-electron chi connectivity index (χ1n) is 13.9. The Morgan fingerprint density at radius 2 is 1.86 bits per heavy atom. The number of methoxy groups -OCH3 is 1. The third-order valence-corrected chi connectivity index (χ3v) is 7.73.